The van der Waals surface area contributed by atoms with Crippen LogP contribution in [-0.2, 0) is 6.54 Å². The molecule has 0 aliphatic carbocycles. The maximum absolute atomic E-state index is 5.56. The molecule has 16 heavy (non-hydrogen) atoms. The SMILES string of the molecule is Cc1nnc(Sc2ccc(CN)cc2Br)o1. The van der Waals surface area contributed by atoms with Crippen LogP contribution in [0.5, 0.6) is 0 Å². The lowest BCUT2D eigenvalue weighted by Gasteiger charge is -2.03. The zero-order valence-electron chi connectivity index (χ0n) is 8.61. The molecule has 84 valence electrons. The van der Waals surface area contributed by atoms with Crippen LogP contribution in [0.1, 0.15) is 11.5 Å². The molecular formula is C10H10BrN3OS. The van der Waals surface area contributed by atoms with Crippen molar-refractivity contribution in [2.45, 2.75) is 23.6 Å². The zero-order valence-corrected chi connectivity index (χ0v) is 11.0. The first-order valence-corrected chi connectivity index (χ1v) is 6.26. The molecule has 0 unspecified atom stereocenters. The molecule has 2 N–H and O–H groups in total. The van der Waals surface area contributed by atoms with E-state index in [1.165, 1.54) is 11.8 Å². The van der Waals surface area contributed by atoms with Crippen molar-refractivity contribution < 1.29 is 4.42 Å². The predicted molar refractivity (Wildman–Crippen MR) is 65.2 cm³/mol. The van der Waals surface area contributed by atoms with E-state index in [1.807, 2.05) is 18.2 Å². The number of hydrogen-bond acceptors (Lipinski definition) is 5. The molecule has 2 aromatic rings. The summed E-state index contributed by atoms with van der Waals surface area (Å²) in [7, 11) is 0. The minimum atomic E-state index is 0.531. The van der Waals surface area contributed by atoms with Gasteiger partial charge in [-0.15, -0.1) is 10.2 Å². The van der Waals surface area contributed by atoms with E-state index in [0.29, 0.717) is 17.7 Å². The van der Waals surface area contributed by atoms with Gasteiger partial charge in [0.1, 0.15) is 0 Å². The summed E-state index contributed by atoms with van der Waals surface area (Å²) < 4.78 is 6.28. The fourth-order valence-electron chi connectivity index (χ4n) is 1.17. The number of hydrogen-bond donors (Lipinski definition) is 1. The van der Waals surface area contributed by atoms with Gasteiger partial charge in [-0.2, -0.15) is 0 Å². The summed E-state index contributed by atoms with van der Waals surface area (Å²) in [6.07, 6.45) is 0. The molecule has 0 radical (unpaired) electrons. The lowest BCUT2D eigenvalue weighted by molar-refractivity contribution is 0.429. The Morgan fingerprint density at radius 1 is 1.44 bits per heavy atom. The van der Waals surface area contributed by atoms with E-state index in [1.54, 1.807) is 6.92 Å². The van der Waals surface area contributed by atoms with E-state index in [9.17, 15) is 0 Å². The third-order valence-corrected chi connectivity index (χ3v) is 3.77. The van der Waals surface area contributed by atoms with Crippen LogP contribution in [0, 0.1) is 6.92 Å². The van der Waals surface area contributed by atoms with E-state index < -0.39 is 0 Å². The smallest absolute Gasteiger partial charge is 0.281 e. The molecule has 0 aliphatic rings. The topological polar surface area (TPSA) is 64.9 Å². The monoisotopic (exact) mass is 299 g/mol. The maximum atomic E-state index is 5.56. The second kappa shape index (κ2) is 4.99. The quantitative estimate of drug-likeness (QED) is 0.944. The van der Waals surface area contributed by atoms with Crippen LogP contribution in [0.4, 0.5) is 0 Å². The summed E-state index contributed by atoms with van der Waals surface area (Å²) in [5.74, 6) is 0.567. The van der Waals surface area contributed by atoms with Crippen LogP contribution in [-0.4, -0.2) is 10.2 Å². The van der Waals surface area contributed by atoms with Gasteiger partial charge < -0.3 is 10.2 Å². The molecule has 0 fully saturated rings. The predicted octanol–water partition coefficient (Wildman–Crippen LogP) is 2.75. The van der Waals surface area contributed by atoms with Crippen LogP contribution < -0.4 is 5.73 Å². The van der Waals surface area contributed by atoms with Crippen LogP contribution in [0.15, 0.2) is 37.2 Å². The summed E-state index contributed by atoms with van der Waals surface area (Å²) in [6, 6.07) is 5.96. The number of aromatic nitrogens is 2. The Balaban J connectivity index is 2.21. The summed E-state index contributed by atoms with van der Waals surface area (Å²) in [4.78, 5) is 1.03. The second-order valence-corrected chi connectivity index (χ2v) is 5.01. The number of halogens is 1. The van der Waals surface area contributed by atoms with Gasteiger partial charge in [0.05, 0.1) is 0 Å². The van der Waals surface area contributed by atoms with Crippen LogP contribution in [0.2, 0.25) is 0 Å². The van der Waals surface area contributed by atoms with Gasteiger partial charge in [0.2, 0.25) is 5.89 Å². The van der Waals surface area contributed by atoms with Crippen molar-refractivity contribution in [1.29, 1.82) is 0 Å². The number of rotatable bonds is 3. The van der Waals surface area contributed by atoms with Gasteiger partial charge in [-0.3, -0.25) is 0 Å². The van der Waals surface area contributed by atoms with Gasteiger partial charge in [-0.05, 0) is 45.4 Å². The lowest BCUT2D eigenvalue weighted by Crippen LogP contribution is -1.95. The van der Waals surface area contributed by atoms with Crippen molar-refractivity contribution in [3.8, 4) is 0 Å². The summed E-state index contributed by atoms with van der Waals surface area (Å²) in [5.41, 5.74) is 6.64. The standard InChI is InChI=1S/C10H10BrN3OS/c1-6-13-14-10(15-6)16-9-3-2-7(5-12)4-8(9)11/h2-4H,5,12H2,1H3. The molecule has 1 aromatic carbocycles. The second-order valence-electron chi connectivity index (χ2n) is 3.16. The Morgan fingerprint density at radius 3 is 2.81 bits per heavy atom. The van der Waals surface area contributed by atoms with Crippen LogP contribution in [0.25, 0.3) is 0 Å². The van der Waals surface area contributed by atoms with E-state index in [2.05, 4.69) is 26.1 Å². The largest absolute Gasteiger partial charge is 0.416 e. The molecule has 0 spiro atoms. The van der Waals surface area contributed by atoms with E-state index in [0.717, 1.165) is 14.9 Å². The highest BCUT2D eigenvalue weighted by atomic mass is 79.9. The average molecular weight is 300 g/mol. The third-order valence-electron chi connectivity index (χ3n) is 1.94. The van der Waals surface area contributed by atoms with Gasteiger partial charge in [0.15, 0.2) is 0 Å². The number of benzene rings is 1. The van der Waals surface area contributed by atoms with Gasteiger partial charge >= 0.3 is 0 Å². The molecule has 2 rings (SSSR count). The first kappa shape index (κ1) is 11.6. The summed E-state index contributed by atoms with van der Waals surface area (Å²) in [5, 5.41) is 8.24. The van der Waals surface area contributed by atoms with Crippen molar-refractivity contribution >= 4 is 27.7 Å². The molecular weight excluding hydrogens is 290 g/mol. The Bertz CT molecular complexity index is 501. The summed E-state index contributed by atoms with van der Waals surface area (Å²) in [6.45, 7) is 2.30. The van der Waals surface area contributed by atoms with Crippen molar-refractivity contribution in [2.75, 3.05) is 0 Å². The normalized spacial score (nSPS) is 10.7. The maximum Gasteiger partial charge on any atom is 0.281 e. The van der Waals surface area contributed by atoms with E-state index in [4.69, 9.17) is 10.2 Å². The molecule has 0 aliphatic heterocycles. The molecule has 0 bridgehead atoms. The molecule has 0 amide bonds. The highest BCUT2D eigenvalue weighted by Gasteiger charge is 2.08. The first-order chi connectivity index (χ1) is 7.69. The van der Waals surface area contributed by atoms with Crippen LogP contribution in [0.3, 0.4) is 0 Å². The zero-order chi connectivity index (χ0) is 11.5. The minimum Gasteiger partial charge on any atom is -0.416 e. The van der Waals surface area contributed by atoms with Crippen molar-refractivity contribution in [3.05, 3.63) is 34.1 Å². The Labute approximate surface area is 106 Å². The lowest BCUT2D eigenvalue weighted by atomic mass is 10.2. The van der Waals surface area contributed by atoms with Crippen molar-refractivity contribution in [1.82, 2.24) is 10.2 Å². The molecule has 1 heterocycles. The fourth-order valence-corrected chi connectivity index (χ4v) is 2.56. The van der Waals surface area contributed by atoms with Gasteiger partial charge in [-0.25, -0.2) is 0 Å². The highest BCUT2D eigenvalue weighted by molar-refractivity contribution is 9.10. The molecule has 1 aromatic heterocycles. The van der Waals surface area contributed by atoms with E-state index >= 15 is 0 Å². The number of aryl methyl sites for hydroxylation is 1. The number of nitrogens with zero attached hydrogens (tertiary/aromatic N) is 2. The molecule has 0 saturated carbocycles. The molecule has 6 heteroatoms. The first-order valence-electron chi connectivity index (χ1n) is 4.65. The fraction of sp³-hybridized carbons (Fsp3) is 0.200. The van der Waals surface area contributed by atoms with Crippen LogP contribution >= 0.6 is 27.7 Å². The van der Waals surface area contributed by atoms with Crippen molar-refractivity contribution in [3.63, 3.8) is 0 Å². The highest BCUT2D eigenvalue weighted by Crippen LogP contribution is 2.33. The van der Waals surface area contributed by atoms with Gasteiger partial charge in [0.25, 0.3) is 5.22 Å². The molecule has 0 atom stereocenters. The molecule has 0 saturated heterocycles. The Morgan fingerprint density at radius 2 is 2.25 bits per heavy atom. The third kappa shape index (κ3) is 2.63. The van der Waals surface area contributed by atoms with E-state index in [-0.39, 0.29) is 0 Å². The Kier molecular flexibility index (Phi) is 3.63. The van der Waals surface area contributed by atoms with Crippen molar-refractivity contribution in [2.24, 2.45) is 5.73 Å². The minimum absolute atomic E-state index is 0.531. The van der Waals surface area contributed by atoms with Gasteiger partial charge in [-0.1, -0.05) is 6.07 Å². The van der Waals surface area contributed by atoms with Gasteiger partial charge in [0, 0.05) is 22.8 Å². The molecule has 4 nitrogen and oxygen atoms in total. The Hall–Kier alpha value is -0.850. The summed E-state index contributed by atoms with van der Waals surface area (Å²) >= 11 is 4.91. The average Bonchev–Trinajstić information content (AvgIpc) is 2.67. The number of nitrogens with two attached hydrogens (primary N) is 1.